The fourth-order valence-electron chi connectivity index (χ4n) is 8.14. The highest BCUT2D eigenvalue weighted by Crippen LogP contribution is 2.44. The number of rotatable bonds is 22. The van der Waals surface area contributed by atoms with E-state index in [9.17, 15) is 28.8 Å². The highest BCUT2D eigenvalue weighted by atomic mass is 16.6. The summed E-state index contributed by atoms with van der Waals surface area (Å²) in [6.07, 6.45) is -2.29. The summed E-state index contributed by atoms with van der Waals surface area (Å²) < 4.78 is 28.5. The number of benzene rings is 6. The van der Waals surface area contributed by atoms with Gasteiger partial charge in [0.05, 0.1) is 6.42 Å². The van der Waals surface area contributed by atoms with Crippen molar-refractivity contribution in [2.45, 2.75) is 95.9 Å². The van der Waals surface area contributed by atoms with Crippen LogP contribution in [0, 0.1) is 0 Å². The lowest BCUT2D eigenvalue weighted by Crippen LogP contribution is -2.56. The van der Waals surface area contributed by atoms with Gasteiger partial charge in [-0.05, 0) is 83.8 Å². The van der Waals surface area contributed by atoms with Crippen LogP contribution in [-0.2, 0) is 69.2 Å². The number of ether oxygens (including phenoxy) is 5. The first-order valence-corrected chi connectivity index (χ1v) is 23.9. The zero-order valence-corrected chi connectivity index (χ0v) is 40.5. The van der Waals surface area contributed by atoms with Crippen molar-refractivity contribution in [3.8, 4) is 16.9 Å². The quantitative estimate of drug-likeness (QED) is 0.0437. The Morgan fingerprint density at radius 2 is 1.00 bits per heavy atom. The molecule has 0 unspecified atom stereocenters. The van der Waals surface area contributed by atoms with Crippen molar-refractivity contribution in [1.82, 2.24) is 16.0 Å². The van der Waals surface area contributed by atoms with Crippen LogP contribution in [0.4, 0.5) is 4.79 Å². The number of esters is 3. The predicted octanol–water partition coefficient (Wildman–Crippen LogP) is 8.68. The Hall–Kier alpha value is -8.26. The van der Waals surface area contributed by atoms with Crippen LogP contribution < -0.4 is 20.7 Å². The molecule has 6 aromatic carbocycles. The average molecular weight is 974 g/mol. The topological polar surface area (TPSA) is 185 Å². The van der Waals surface area contributed by atoms with Crippen molar-refractivity contribution in [3.63, 3.8) is 0 Å². The van der Waals surface area contributed by atoms with Gasteiger partial charge in [0.15, 0.2) is 0 Å². The van der Waals surface area contributed by atoms with E-state index in [-0.39, 0.29) is 45.0 Å². The molecule has 1 aliphatic rings. The molecule has 6 aromatic rings. The summed E-state index contributed by atoms with van der Waals surface area (Å²) in [5, 5.41) is 7.91. The van der Waals surface area contributed by atoms with E-state index in [0.29, 0.717) is 23.5 Å². The van der Waals surface area contributed by atoms with Gasteiger partial charge in [0.25, 0.3) is 0 Å². The van der Waals surface area contributed by atoms with E-state index in [2.05, 4.69) is 16.0 Å². The first-order chi connectivity index (χ1) is 34.8. The standard InChI is InChI=1S/C58H59N3O11/c1-58(2,3)72-52(62)32-31-49(54(64)60-51(56(66)70-37-42-21-11-6-12-22-42)33-39-27-29-43(30-28-39)68-35-40-17-7-4-8-18-40)59-55(65)50(34-53(63)69-36-41-19-9-5-10-20-41)61-57(67)71-38-48-46-25-15-13-23-44(46)45-24-14-16-26-47(45)48/h4-30,48-51H,31-38H2,1-3H3,(H,59,65)(H,60,64)(H,61,67)/t49-,50-,51-/m0/s1. The zero-order chi connectivity index (χ0) is 50.9. The molecule has 372 valence electrons. The van der Waals surface area contributed by atoms with E-state index in [1.165, 1.54) is 0 Å². The molecule has 0 heterocycles. The van der Waals surface area contributed by atoms with Gasteiger partial charge in [-0.25, -0.2) is 9.59 Å². The second-order valence-electron chi connectivity index (χ2n) is 18.3. The monoisotopic (exact) mass is 973 g/mol. The van der Waals surface area contributed by atoms with Gasteiger partial charge in [0, 0.05) is 18.8 Å². The van der Waals surface area contributed by atoms with Crippen molar-refractivity contribution >= 4 is 35.8 Å². The molecule has 0 saturated carbocycles. The molecule has 0 saturated heterocycles. The summed E-state index contributed by atoms with van der Waals surface area (Å²) in [5.41, 5.74) is 6.17. The van der Waals surface area contributed by atoms with Gasteiger partial charge in [-0.2, -0.15) is 0 Å². The van der Waals surface area contributed by atoms with Gasteiger partial charge in [-0.15, -0.1) is 0 Å². The Bertz CT molecular complexity index is 2730. The molecule has 1 aliphatic carbocycles. The van der Waals surface area contributed by atoms with Gasteiger partial charge in [0.2, 0.25) is 11.8 Å². The Kier molecular flexibility index (Phi) is 17.9. The molecule has 3 N–H and O–H groups in total. The summed E-state index contributed by atoms with van der Waals surface area (Å²) >= 11 is 0. The molecule has 3 amide bonds. The van der Waals surface area contributed by atoms with Crippen molar-refractivity contribution in [3.05, 3.63) is 197 Å². The van der Waals surface area contributed by atoms with Crippen molar-refractivity contribution in [1.29, 1.82) is 0 Å². The van der Waals surface area contributed by atoms with E-state index < -0.39 is 66.0 Å². The second kappa shape index (κ2) is 25.0. The lowest BCUT2D eigenvalue weighted by Gasteiger charge is -2.25. The largest absolute Gasteiger partial charge is 0.489 e. The SMILES string of the molecule is CC(C)(C)OC(=O)CC[C@H](NC(=O)[C@H](CC(=O)OCc1ccccc1)NC(=O)OCC1c2ccccc2-c2ccccc21)C(=O)N[C@@H](Cc1ccc(OCc2ccccc2)cc1)C(=O)OCc1ccccc1. The molecule has 14 heteroatoms. The van der Waals surface area contributed by atoms with Crippen molar-refractivity contribution < 1.29 is 52.5 Å². The van der Waals surface area contributed by atoms with E-state index in [1.807, 2.05) is 91.0 Å². The van der Waals surface area contributed by atoms with Crippen LogP contribution in [0.3, 0.4) is 0 Å². The molecule has 72 heavy (non-hydrogen) atoms. The maximum atomic E-state index is 14.5. The molecule has 0 spiro atoms. The fraction of sp³-hybridized carbons (Fsp3) is 0.276. The van der Waals surface area contributed by atoms with E-state index in [0.717, 1.165) is 33.4 Å². The summed E-state index contributed by atoms with van der Waals surface area (Å²) in [6, 6.07) is 45.9. The maximum Gasteiger partial charge on any atom is 0.407 e. The molecule has 3 atom stereocenters. The van der Waals surface area contributed by atoms with Gasteiger partial charge >= 0.3 is 24.0 Å². The van der Waals surface area contributed by atoms with Gasteiger partial charge in [-0.1, -0.05) is 152 Å². The molecule has 0 aromatic heterocycles. The number of fused-ring (bicyclic) bond motifs is 3. The third-order valence-corrected chi connectivity index (χ3v) is 11.7. The summed E-state index contributed by atoms with van der Waals surface area (Å²) in [7, 11) is 0. The van der Waals surface area contributed by atoms with Crippen LogP contribution in [-0.4, -0.2) is 66.1 Å². The number of alkyl carbamates (subject to hydrolysis) is 1. The lowest BCUT2D eigenvalue weighted by atomic mass is 9.98. The molecule has 7 rings (SSSR count). The molecule has 14 nitrogen and oxygen atoms in total. The normalized spacial score (nSPS) is 12.9. The highest BCUT2D eigenvalue weighted by Gasteiger charge is 2.34. The van der Waals surface area contributed by atoms with E-state index >= 15 is 0 Å². The minimum absolute atomic E-state index is 0.0235. The third-order valence-electron chi connectivity index (χ3n) is 11.7. The van der Waals surface area contributed by atoms with Crippen LogP contribution >= 0.6 is 0 Å². The molecular formula is C58H59N3O11. The van der Waals surface area contributed by atoms with Crippen LogP contribution in [0.15, 0.2) is 164 Å². The van der Waals surface area contributed by atoms with E-state index in [1.54, 1.807) is 93.6 Å². The molecule has 0 fully saturated rings. The number of nitrogens with one attached hydrogen (secondary N) is 3. The summed E-state index contributed by atoms with van der Waals surface area (Å²) in [6.45, 7) is 5.16. The molecule has 0 bridgehead atoms. The van der Waals surface area contributed by atoms with Crippen molar-refractivity contribution in [2.24, 2.45) is 0 Å². The number of carbonyl (C=O) groups excluding carboxylic acids is 6. The average Bonchev–Trinajstić information content (AvgIpc) is 3.70. The minimum atomic E-state index is -1.62. The minimum Gasteiger partial charge on any atom is -0.489 e. The van der Waals surface area contributed by atoms with Gasteiger partial charge in [-0.3, -0.25) is 19.2 Å². The van der Waals surface area contributed by atoms with Crippen molar-refractivity contribution in [2.75, 3.05) is 6.61 Å². The summed E-state index contributed by atoms with van der Waals surface area (Å²) in [5.74, 6) is -3.76. The van der Waals surface area contributed by atoms with Gasteiger partial charge in [0.1, 0.15) is 55.9 Å². The van der Waals surface area contributed by atoms with Crippen LogP contribution in [0.2, 0.25) is 0 Å². The molecule has 0 aliphatic heterocycles. The zero-order valence-electron chi connectivity index (χ0n) is 40.5. The third kappa shape index (κ3) is 15.4. The smallest absolute Gasteiger partial charge is 0.407 e. The lowest BCUT2D eigenvalue weighted by molar-refractivity contribution is -0.155. The molecule has 0 radical (unpaired) electrons. The Balaban J connectivity index is 1.09. The van der Waals surface area contributed by atoms with Crippen LogP contribution in [0.25, 0.3) is 11.1 Å². The summed E-state index contributed by atoms with van der Waals surface area (Å²) in [4.78, 5) is 83.0. The number of carbonyl (C=O) groups is 6. The first-order valence-electron chi connectivity index (χ1n) is 23.9. The molecular weight excluding hydrogens is 915 g/mol. The Morgan fingerprint density at radius 1 is 0.500 bits per heavy atom. The first kappa shape index (κ1) is 51.6. The van der Waals surface area contributed by atoms with Gasteiger partial charge < -0.3 is 39.6 Å². The second-order valence-corrected chi connectivity index (χ2v) is 18.3. The number of amides is 3. The number of hydrogen-bond donors (Lipinski definition) is 3. The predicted molar refractivity (Wildman–Crippen MR) is 269 cm³/mol. The maximum absolute atomic E-state index is 14.5. The Morgan fingerprint density at radius 3 is 1.57 bits per heavy atom. The fourth-order valence-corrected chi connectivity index (χ4v) is 8.14. The van der Waals surface area contributed by atoms with Crippen LogP contribution in [0.5, 0.6) is 5.75 Å². The number of hydrogen-bond acceptors (Lipinski definition) is 11. The highest BCUT2D eigenvalue weighted by molar-refractivity contribution is 5.95. The van der Waals surface area contributed by atoms with E-state index in [4.69, 9.17) is 23.7 Å². The van der Waals surface area contributed by atoms with Crippen LogP contribution in [0.1, 0.15) is 79.3 Å². The Labute approximate surface area is 419 Å².